The topological polar surface area (TPSA) is 125 Å². The summed E-state index contributed by atoms with van der Waals surface area (Å²) in [7, 11) is 0. The minimum atomic E-state index is -0.545. The third kappa shape index (κ3) is 2.65. The van der Waals surface area contributed by atoms with Crippen LogP contribution in [0.5, 0.6) is 0 Å². The lowest BCUT2D eigenvalue weighted by Gasteiger charge is -2.07. The molecule has 0 aliphatic rings. The van der Waals surface area contributed by atoms with Crippen LogP contribution >= 0.6 is 0 Å². The number of para-hydroxylation sites is 1. The molecule has 4 rings (SSSR count). The molecule has 0 aliphatic heterocycles. The Hall–Kier alpha value is -3.82. The summed E-state index contributed by atoms with van der Waals surface area (Å²) in [5, 5.41) is 22.5. The average Bonchev–Trinajstić information content (AvgIpc) is 3.29. The van der Waals surface area contributed by atoms with Crippen molar-refractivity contribution in [2.45, 2.75) is 6.54 Å². The van der Waals surface area contributed by atoms with E-state index in [9.17, 15) is 10.1 Å². The predicted molar refractivity (Wildman–Crippen MR) is 87.1 cm³/mol. The molecule has 0 bridgehead atoms. The second-order valence-electron chi connectivity index (χ2n) is 5.07. The zero-order chi connectivity index (χ0) is 17.2. The normalized spacial score (nSPS) is 10.9. The highest BCUT2D eigenvalue weighted by atomic mass is 16.6. The van der Waals surface area contributed by atoms with Crippen LogP contribution in [0.2, 0.25) is 0 Å². The monoisotopic (exact) mass is 337 g/mol. The molecule has 10 nitrogen and oxygen atoms in total. The van der Waals surface area contributed by atoms with Crippen molar-refractivity contribution in [3.8, 4) is 5.82 Å². The smallest absolute Gasteiger partial charge is 0.355 e. The standard InChI is InChI=1S/C15H11N7O3/c23-22(24)13-14(16-8-10-4-3-7-25-10)17-9-18-15(13)21-12-6-2-1-5-11(12)19-20-21/h1-7,9H,8H2,(H,16,17,18). The largest absolute Gasteiger partial charge is 0.467 e. The van der Waals surface area contributed by atoms with E-state index < -0.39 is 4.92 Å². The number of nitro groups is 1. The zero-order valence-electron chi connectivity index (χ0n) is 12.7. The van der Waals surface area contributed by atoms with Crippen molar-refractivity contribution in [2.75, 3.05) is 5.32 Å². The van der Waals surface area contributed by atoms with Crippen LogP contribution in [-0.2, 0) is 6.54 Å². The summed E-state index contributed by atoms with van der Waals surface area (Å²) in [5.41, 5.74) is 0.937. The Morgan fingerprint density at radius 3 is 2.88 bits per heavy atom. The third-order valence-electron chi connectivity index (χ3n) is 3.55. The van der Waals surface area contributed by atoms with Gasteiger partial charge in [-0.25, -0.2) is 9.97 Å². The second-order valence-corrected chi connectivity index (χ2v) is 5.07. The lowest BCUT2D eigenvalue weighted by Crippen LogP contribution is -2.10. The van der Waals surface area contributed by atoms with Crippen molar-refractivity contribution in [2.24, 2.45) is 0 Å². The van der Waals surface area contributed by atoms with Crippen molar-refractivity contribution < 1.29 is 9.34 Å². The molecule has 4 aromatic rings. The van der Waals surface area contributed by atoms with Crippen molar-refractivity contribution in [1.29, 1.82) is 0 Å². The first-order valence-electron chi connectivity index (χ1n) is 7.30. The number of furan rings is 1. The maximum Gasteiger partial charge on any atom is 0.355 e. The molecule has 0 radical (unpaired) electrons. The molecular formula is C15H11N7O3. The number of nitrogens with one attached hydrogen (secondary N) is 1. The Morgan fingerprint density at radius 2 is 2.08 bits per heavy atom. The van der Waals surface area contributed by atoms with Crippen molar-refractivity contribution in [1.82, 2.24) is 25.0 Å². The summed E-state index contributed by atoms with van der Waals surface area (Å²) in [5.74, 6) is 0.738. The Bertz CT molecular complexity index is 1040. The molecular weight excluding hydrogens is 326 g/mol. The third-order valence-corrected chi connectivity index (χ3v) is 3.55. The van der Waals surface area contributed by atoms with E-state index in [0.717, 1.165) is 0 Å². The van der Waals surface area contributed by atoms with Gasteiger partial charge in [0.05, 0.1) is 23.2 Å². The van der Waals surface area contributed by atoms with E-state index in [1.165, 1.54) is 17.3 Å². The number of aromatic nitrogens is 5. The van der Waals surface area contributed by atoms with Gasteiger partial charge in [-0.2, -0.15) is 4.68 Å². The molecule has 0 fully saturated rings. The SMILES string of the molecule is O=[N+]([O-])c1c(NCc2ccco2)ncnc1-n1nnc2ccccc21. The van der Waals surface area contributed by atoms with Crippen LogP contribution in [0.15, 0.2) is 53.4 Å². The van der Waals surface area contributed by atoms with Crippen LogP contribution in [0.3, 0.4) is 0 Å². The second kappa shape index (κ2) is 6.00. The van der Waals surface area contributed by atoms with Crippen LogP contribution in [0, 0.1) is 10.1 Å². The summed E-state index contributed by atoms with van der Waals surface area (Å²) in [6, 6.07) is 10.6. The first-order chi connectivity index (χ1) is 12.2. The van der Waals surface area contributed by atoms with Gasteiger partial charge in [-0.1, -0.05) is 17.3 Å². The first kappa shape index (κ1) is 14.8. The van der Waals surface area contributed by atoms with E-state index in [2.05, 4.69) is 25.6 Å². The molecule has 25 heavy (non-hydrogen) atoms. The summed E-state index contributed by atoms with van der Waals surface area (Å²) in [6.45, 7) is 0.252. The molecule has 0 amide bonds. The highest BCUT2D eigenvalue weighted by Crippen LogP contribution is 2.29. The molecule has 3 heterocycles. The van der Waals surface area contributed by atoms with Gasteiger partial charge >= 0.3 is 5.69 Å². The number of hydrogen-bond donors (Lipinski definition) is 1. The maximum atomic E-state index is 11.6. The number of hydrogen-bond acceptors (Lipinski definition) is 8. The Labute approximate surface area is 140 Å². The minimum Gasteiger partial charge on any atom is -0.467 e. The van der Waals surface area contributed by atoms with Crippen LogP contribution < -0.4 is 5.32 Å². The number of benzene rings is 1. The van der Waals surface area contributed by atoms with E-state index in [1.54, 1.807) is 30.3 Å². The van der Waals surface area contributed by atoms with Gasteiger partial charge in [0.1, 0.15) is 17.6 Å². The molecule has 0 saturated heterocycles. The van der Waals surface area contributed by atoms with Crippen molar-refractivity contribution >= 4 is 22.5 Å². The Kier molecular flexibility index (Phi) is 3.54. The fourth-order valence-electron chi connectivity index (χ4n) is 2.43. The van der Waals surface area contributed by atoms with E-state index >= 15 is 0 Å². The zero-order valence-corrected chi connectivity index (χ0v) is 12.7. The molecule has 124 valence electrons. The molecule has 0 unspecified atom stereocenters. The summed E-state index contributed by atoms with van der Waals surface area (Å²) in [4.78, 5) is 19.1. The van der Waals surface area contributed by atoms with Gasteiger partial charge in [-0.3, -0.25) is 10.1 Å². The molecule has 0 saturated carbocycles. The van der Waals surface area contributed by atoms with Gasteiger partial charge in [0, 0.05) is 0 Å². The van der Waals surface area contributed by atoms with Gasteiger partial charge < -0.3 is 9.73 Å². The van der Waals surface area contributed by atoms with E-state index in [4.69, 9.17) is 4.42 Å². The van der Waals surface area contributed by atoms with Crippen LogP contribution in [0.25, 0.3) is 16.9 Å². The lowest BCUT2D eigenvalue weighted by molar-refractivity contribution is -0.384. The van der Waals surface area contributed by atoms with Gasteiger partial charge in [-0.05, 0) is 24.3 Å². The predicted octanol–water partition coefficient (Wildman–Crippen LogP) is 2.32. The van der Waals surface area contributed by atoms with E-state index in [1.807, 2.05) is 6.07 Å². The quantitative estimate of drug-likeness (QED) is 0.434. The average molecular weight is 337 g/mol. The molecule has 0 spiro atoms. The number of rotatable bonds is 5. The fourth-order valence-corrected chi connectivity index (χ4v) is 2.43. The highest BCUT2D eigenvalue weighted by molar-refractivity contribution is 5.77. The summed E-state index contributed by atoms with van der Waals surface area (Å²) < 4.78 is 6.54. The molecule has 0 atom stereocenters. The van der Waals surface area contributed by atoms with Gasteiger partial charge in [-0.15, -0.1) is 5.10 Å². The highest BCUT2D eigenvalue weighted by Gasteiger charge is 2.26. The van der Waals surface area contributed by atoms with Crippen molar-refractivity contribution in [3.63, 3.8) is 0 Å². The van der Waals surface area contributed by atoms with Gasteiger partial charge in [0.25, 0.3) is 0 Å². The summed E-state index contributed by atoms with van der Waals surface area (Å²) in [6.07, 6.45) is 2.77. The Morgan fingerprint density at radius 1 is 1.20 bits per heavy atom. The van der Waals surface area contributed by atoms with Crippen molar-refractivity contribution in [3.05, 3.63) is 64.9 Å². The minimum absolute atomic E-state index is 0.0376. The van der Waals surface area contributed by atoms with Gasteiger partial charge in [0.15, 0.2) is 0 Å². The molecule has 0 aliphatic carbocycles. The molecule has 1 N–H and O–H groups in total. The number of fused-ring (bicyclic) bond motifs is 1. The first-order valence-corrected chi connectivity index (χ1v) is 7.30. The molecule has 10 heteroatoms. The fraction of sp³-hybridized carbons (Fsp3) is 0.0667. The lowest BCUT2D eigenvalue weighted by atomic mass is 10.3. The number of nitrogens with zero attached hydrogens (tertiary/aromatic N) is 6. The van der Waals surface area contributed by atoms with Crippen LogP contribution in [0.4, 0.5) is 11.5 Å². The van der Waals surface area contributed by atoms with E-state index in [0.29, 0.717) is 16.8 Å². The maximum absolute atomic E-state index is 11.6. The Balaban J connectivity index is 1.80. The number of anilines is 1. The van der Waals surface area contributed by atoms with Crippen LogP contribution in [-0.4, -0.2) is 29.9 Å². The van der Waals surface area contributed by atoms with E-state index in [-0.39, 0.29) is 23.9 Å². The molecule has 1 aromatic carbocycles. The van der Waals surface area contributed by atoms with Gasteiger partial charge in [0.2, 0.25) is 11.6 Å². The van der Waals surface area contributed by atoms with Crippen LogP contribution in [0.1, 0.15) is 5.76 Å². The summed E-state index contributed by atoms with van der Waals surface area (Å²) >= 11 is 0. The molecule has 3 aromatic heterocycles.